The van der Waals surface area contributed by atoms with Crippen LogP contribution in [0.4, 0.5) is 0 Å². The Morgan fingerprint density at radius 1 is 1.61 bits per heavy atom. The summed E-state index contributed by atoms with van der Waals surface area (Å²) in [7, 11) is 0. The molecule has 2 rings (SSSR count). The lowest BCUT2D eigenvalue weighted by molar-refractivity contribution is 0.0928. The molecule has 1 atom stereocenters. The van der Waals surface area contributed by atoms with Gasteiger partial charge in [-0.2, -0.15) is 0 Å². The van der Waals surface area contributed by atoms with Crippen molar-refractivity contribution in [3.05, 3.63) is 21.4 Å². The first-order valence-corrected chi connectivity index (χ1v) is 7.48. The number of carbonyl (C=O) groups excluding carboxylic acids is 1. The average molecular weight is 267 g/mol. The van der Waals surface area contributed by atoms with Crippen LogP contribution in [-0.4, -0.2) is 23.7 Å². The van der Waals surface area contributed by atoms with Gasteiger partial charge < -0.3 is 10.4 Å². The van der Waals surface area contributed by atoms with Crippen molar-refractivity contribution in [3.8, 4) is 0 Å². The summed E-state index contributed by atoms with van der Waals surface area (Å²) < 4.78 is 0. The zero-order valence-electron chi connectivity index (χ0n) is 11.0. The van der Waals surface area contributed by atoms with Crippen LogP contribution in [0.15, 0.2) is 6.07 Å². The normalized spacial score (nSPS) is 16.6. The fourth-order valence-electron chi connectivity index (χ4n) is 2.29. The number of carbonyl (C=O) groups is 1. The second-order valence-electron chi connectivity index (χ2n) is 5.00. The number of aryl methyl sites for hydroxylation is 2. The molecule has 4 heteroatoms. The van der Waals surface area contributed by atoms with E-state index in [0.717, 1.165) is 11.3 Å². The molecule has 1 unspecified atom stereocenters. The van der Waals surface area contributed by atoms with Crippen molar-refractivity contribution in [2.24, 2.45) is 5.92 Å². The lowest BCUT2D eigenvalue weighted by Crippen LogP contribution is -2.36. The lowest BCUT2D eigenvalue weighted by Gasteiger charge is -2.16. The molecule has 1 fully saturated rings. The average Bonchev–Trinajstić information content (AvgIpc) is 3.12. The Balaban J connectivity index is 2.01. The molecular formula is C14H21NO2S. The second-order valence-corrected chi connectivity index (χ2v) is 6.14. The van der Waals surface area contributed by atoms with Gasteiger partial charge in [0.05, 0.1) is 4.88 Å². The highest BCUT2D eigenvalue weighted by Crippen LogP contribution is 2.34. The Labute approximate surface area is 112 Å². The number of amides is 1. The first-order valence-electron chi connectivity index (χ1n) is 6.66. The quantitative estimate of drug-likeness (QED) is 0.832. The van der Waals surface area contributed by atoms with Gasteiger partial charge in [-0.1, -0.05) is 6.92 Å². The molecule has 1 aliphatic carbocycles. The zero-order chi connectivity index (χ0) is 13.1. The Bertz CT molecular complexity index is 423. The van der Waals surface area contributed by atoms with Gasteiger partial charge in [0.15, 0.2) is 0 Å². The van der Waals surface area contributed by atoms with Gasteiger partial charge in [0.25, 0.3) is 5.91 Å². The summed E-state index contributed by atoms with van der Waals surface area (Å²) in [6, 6.07) is 2.12. The largest absolute Gasteiger partial charge is 0.396 e. The monoisotopic (exact) mass is 267 g/mol. The number of rotatable bonds is 6. The minimum absolute atomic E-state index is 0.0214. The van der Waals surface area contributed by atoms with Crippen molar-refractivity contribution in [2.75, 3.05) is 6.61 Å². The van der Waals surface area contributed by atoms with Crippen LogP contribution in [0.1, 0.15) is 46.3 Å². The van der Waals surface area contributed by atoms with E-state index >= 15 is 0 Å². The number of nitrogens with one attached hydrogen (secondary N) is 1. The van der Waals surface area contributed by atoms with E-state index in [0.29, 0.717) is 12.3 Å². The molecular weight excluding hydrogens is 246 g/mol. The Morgan fingerprint density at radius 2 is 2.33 bits per heavy atom. The Morgan fingerprint density at radius 3 is 2.83 bits per heavy atom. The minimum Gasteiger partial charge on any atom is -0.396 e. The van der Waals surface area contributed by atoms with Crippen molar-refractivity contribution < 1.29 is 9.90 Å². The molecule has 0 spiro atoms. The SMILES string of the molecule is CCc1sc(C(=O)NC(CCO)C2CC2)cc1C. The maximum absolute atomic E-state index is 12.2. The number of aliphatic hydroxyl groups excluding tert-OH is 1. The molecule has 3 nitrogen and oxygen atoms in total. The third-order valence-corrected chi connectivity index (χ3v) is 4.89. The van der Waals surface area contributed by atoms with Crippen LogP contribution in [0.3, 0.4) is 0 Å². The van der Waals surface area contributed by atoms with Gasteiger partial charge in [-0.15, -0.1) is 11.3 Å². The van der Waals surface area contributed by atoms with Crippen molar-refractivity contribution in [3.63, 3.8) is 0 Å². The van der Waals surface area contributed by atoms with Gasteiger partial charge in [0, 0.05) is 17.5 Å². The highest BCUT2D eigenvalue weighted by molar-refractivity contribution is 7.14. The van der Waals surface area contributed by atoms with Crippen LogP contribution in [0.2, 0.25) is 0 Å². The van der Waals surface area contributed by atoms with Crippen molar-refractivity contribution in [1.29, 1.82) is 0 Å². The fourth-order valence-corrected chi connectivity index (χ4v) is 3.30. The molecule has 0 radical (unpaired) electrons. The van der Waals surface area contributed by atoms with Crippen LogP contribution in [-0.2, 0) is 6.42 Å². The summed E-state index contributed by atoms with van der Waals surface area (Å²) in [5.74, 6) is 0.598. The molecule has 1 saturated carbocycles. The van der Waals surface area contributed by atoms with E-state index in [1.165, 1.54) is 23.3 Å². The molecule has 100 valence electrons. The third kappa shape index (κ3) is 3.12. The van der Waals surface area contributed by atoms with E-state index in [1.807, 2.05) is 6.07 Å². The Hall–Kier alpha value is -0.870. The van der Waals surface area contributed by atoms with Crippen molar-refractivity contribution in [1.82, 2.24) is 5.32 Å². The molecule has 1 heterocycles. The topological polar surface area (TPSA) is 49.3 Å². The molecule has 2 N–H and O–H groups in total. The summed E-state index contributed by atoms with van der Waals surface area (Å²) >= 11 is 1.59. The van der Waals surface area contributed by atoms with Gasteiger partial charge in [0.2, 0.25) is 0 Å². The summed E-state index contributed by atoms with van der Waals surface area (Å²) in [4.78, 5) is 14.2. The van der Waals surface area contributed by atoms with Gasteiger partial charge in [-0.05, 0) is 50.2 Å². The maximum atomic E-state index is 12.2. The van der Waals surface area contributed by atoms with Gasteiger partial charge in [-0.3, -0.25) is 4.79 Å². The third-order valence-electron chi connectivity index (χ3n) is 3.51. The molecule has 0 aromatic carbocycles. The maximum Gasteiger partial charge on any atom is 0.261 e. The van der Waals surface area contributed by atoms with Crippen LogP contribution in [0.5, 0.6) is 0 Å². The molecule has 0 saturated heterocycles. The van der Waals surface area contributed by atoms with E-state index in [-0.39, 0.29) is 18.6 Å². The van der Waals surface area contributed by atoms with Crippen LogP contribution < -0.4 is 5.32 Å². The summed E-state index contributed by atoms with van der Waals surface area (Å²) in [6.45, 7) is 4.31. The smallest absolute Gasteiger partial charge is 0.261 e. The summed E-state index contributed by atoms with van der Waals surface area (Å²) in [6.07, 6.45) is 4.00. The van der Waals surface area contributed by atoms with Gasteiger partial charge >= 0.3 is 0 Å². The lowest BCUT2D eigenvalue weighted by atomic mass is 10.1. The van der Waals surface area contributed by atoms with E-state index in [4.69, 9.17) is 5.11 Å². The highest BCUT2D eigenvalue weighted by atomic mass is 32.1. The molecule has 0 bridgehead atoms. The fraction of sp³-hybridized carbons (Fsp3) is 0.643. The first-order chi connectivity index (χ1) is 8.65. The standard InChI is InChI=1S/C14H21NO2S/c1-3-12-9(2)8-13(18-12)14(17)15-11(6-7-16)10-4-5-10/h8,10-11,16H,3-7H2,1-2H3,(H,15,17). The Kier molecular flexibility index (Phi) is 4.40. The molecule has 1 aromatic heterocycles. The van der Waals surface area contributed by atoms with Crippen LogP contribution in [0.25, 0.3) is 0 Å². The molecule has 18 heavy (non-hydrogen) atoms. The predicted octanol–water partition coefficient (Wildman–Crippen LogP) is 2.51. The number of hydrogen-bond donors (Lipinski definition) is 2. The number of thiophene rings is 1. The van der Waals surface area contributed by atoms with E-state index in [2.05, 4.69) is 19.2 Å². The summed E-state index contributed by atoms with van der Waals surface area (Å²) in [5.41, 5.74) is 1.21. The number of hydrogen-bond acceptors (Lipinski definition) is 3. The van der Waals surface area contributed by atoms with E-state index < -0.39 is 0 Å². The van der Waals surface area contributed by atoms with Crippen LogP contribution in [0, 0.1) is 12.8 Å². The predicted molar refractivity (Wildman–Crippen MR) is 74.1 cm³/mol. The number of aliphatic hydroxyl groups is 1. The van der Waals surface area contributed by atoms with E-state index in [9.17, 15) is 4.79 Å². The van der Waals surface area contributed by atoms with Crippen molar-refractivity contribution >= 4 is 17.2 Å². The molecule has 1 aromatic rings. The highest BCUT2D eigenvalue weighted by Gasteiger charge is 2.32. The van der Waals surface area contributed by atoms with Gasteiger partial charge in [-0.25, -0.2) is 0 Å². The van der Waals surface area contributed by atoms with Crippen LogP contribution >= 0.6 is 11.3 Å². The van der Waals surface area contributed by atoms with Crippen molar-refractivity contribution in [2.45, 2.75) is 45.6 Å². The summed E-state index contributed by atoms with van der Waals surface area (Å²) in [5, 5.41) is 12.1. The van der Waals surface area contributed by atoms with Gasteiger partial charge in [0.1, 0.15) is 0 Å². The van der Waals surface area contributed by atoms with E-state index in [1.54, 1.807) is 11.3 Å². The molecule has 1 amide bonds. The molecule has 0 aliphatic heterocycles. The minimum atomic E-state index is 0.0214. The second kappa shape index (κ2) is 5.85. The zero-order valence-corrected chi connectivity index (χ0v) is 11.8. The first kappa shape index (κ1) is 13.6. The molecule has 1 aliphatic rings.